The van der Waals surface area contributed by atoms with Gasteiger partial charge < -0.3 is 14.5 Å². The van der Waals surface area contributed by atoms with Crippen LogP contribution in [0.1, 0.15) is 11.4 Å². The van der Waals surface area contributed by atoms with Gasteiger partial charge in [0.1, 0.15) is 23.9 Å². The van der Waals surface area contributed by atoms with E-state index in [-0.39, 0.29) is 0 Å². The average Bonchev–Trinajstić information content (AvgIpc) is 2.96. The van der Waals surface area contributed by atoms with Crippen LogP contribution in [-0.2, 0) is 13.0 Å². The highest BCUT2D eigenvalue weighted by molar-refractivity contribution is 5.76. The van der Waals surface area contributed by atoms with Crippen molar-refractivity contribution in [2.75, 3.05) is 7.11 Å². The first kappa shape index (κ1) is 14.2. The highest BCUT2D eigenvalue weighted by Gasteiger charge is 2.06. The Bertz CT molecular complexity index is 793. The van der Waals surface area contributed by atoms with Crippen LogP contribution >= 0.6 is 0 Å². The van der Waals surface area contributed by atoms with Gasteiger partial charge in [-0.3, -0.25) is 0 Å². The second-order valence-corrected chi connectivity index (χ2v) is 4.96. The van der Waals surface area contributed by atoms with Gasteiger partial charge in [-0.25, -0.2) is 4.98 Å². The number of fused-ring (bicyclic) bond motifs is 1. The molecule has 0 fully saturated rings. The SMILES string of the molecule is C=CCc1ccccc1OCc1nc2ccc(OC)cc2[nH]1. The van der Waals surface area contributed by atoms with Gasteiger partial charge in [-0.05, 0) is 30.2 Å². The maximum absolute atomic E-state index is 5.89. The number of aromatic nitrogens is 2. The molecule has 0 saturated carbocycles. The molecule has 0 aliphatic heterocycles. The van der Waals surface area contributed by atoms with Gasteiger partial charge in [-0.1, -0.05) is 24.3 Å². The van der Waals surface area contributed by atoms with E-state index in [1.807, 2.05) is 48.5 Å². The van der Waals surface area contributed by atoms with E-state index in [2.05, 4.69) is 16.5 Å². The zero-order chi connectivity index (χ0) is 15.4. The molecule has 0 saturated heterocycles. The van der Waals surface area contributed by atoms with E-state index in [0.717, 1.165) is 40.3 Å². The lowest BCUT2D eigenvalue weighted by atomic mass is 10.1. The van der Waals surface area contributed by atoms with Gasteiger partial charge in [-0.2, -0.15) is 0 Å². The second-order valence-electron chi connectivity index (χ2n) is 4.96. The monoisotopic (exact) mass is 294 g/mol. The Morgan fingerprint density at radius 1 is 1.23 bits per heavy atom. The normalized spacial score (nSPS) is 10.6. The van der Waals surface area contributed by atoms with E-state index in [9.17, 15) is 0 Å². The molecule has 0 atom stereocenters. The number of hydrogen-bond donors (Lipinski definition) is 1. The van der Waals surface area contributed by atoms with E-state index >= 15 is 0 Å². The first-order valence-corrected chi connectivity index (χ1v) is 7.14. The topological polar surface area (TPSA) is 47.1 Å². The average molecular weight is 294 g/mol. The molecule has 1 aromatic heterocycles. The van der Waals surface area contributed by atoms with Gasteiger partial charge >= 0.3 is 0 Å². The zero-order valence-electron chi connectivity index (χ0n) is 12.5. The van der Waals surface area contributed by atoms with Crippen molar-refractivity contribution in [1.29, 1.82) is 0 Å². The first-order valence-electron chi connectivity index (χ1n) is 7.14. The van der Waals surface area contributed by atoms with E-state index < -0.39 is 0 Å². The van der Waals surface area contributed by atoms with Gasteiger partial charge in [-0.15, -0.1) is 6.58 Å². The number of benzene rings is 2. The van der Waals surface area contributed by atoms with Crippen LogP contribution in [0, 0.1) is 0 Å². The third-order valence-electron chi connectivity index (χ3n) is 3.44. The predicted octanol–water partition coefficient (Wildman–Crippen LogP) is 3.88. The Kier molecular flexibility index (Phi) is 4.10. The Morgan fingerprint density at radius 3 is 2.91 bits per heavy atom. The number of nitrogens with one attached hydrogen (secondary N) is 1. The summed E-state index contributed by atoms with van der Waals surface area (Å²) in [5, 5.41) is 0. The molecule has 4 heteroatoms. The minimum absolute atomic E-state index is 0.394. The van der Waals surface area contributed by atoms with Crippen molar-refractivity contribution in [3.05, 3.63) is 66.5 Å². The number of imidazole rings is 1. The molecule has 3 aromatic rings. The van der Waals surface area contributed by atoms with Crippen LogP contribution < -0.4 is 9.47 Å². The van der Waals surface area contributed by atoms with Crippen molar-refractivity contribution in [1.82, 2.24) is 9.97 Å². The number of methoxy groups -OCH3 is 1. The molecule has 0 aliphatic rings. The summed E-state index contributed by atoms with van der Waals surface area (Å²) in [6, 6.07) is 13.7. The van der Waals surface area contributed by atoms with Crippen LogP contribution in [0.15, 0.2) is 55.1 Å². The molecule has 3 rings (SSSR count). The highest BCUT2D eigenvalue weighted by atomic mass is 16.5. The lowest BCUT2D eigenvalue weighted by Crippen LogP contribution is -1.99. The van der Waals surface area contributed by atoms with Crippen molar-refractivity contribution in [3.63, 3.8) is 0 Å². The summed E-state index contributed by atoms with van der Waals surface area (Å²) in [4.78, 5) is 7.78. The van der Waals surface area contributed by atoms with Gasteiger partial charge in [0, 0.05) is 6.07 Å². The maximum Gasteiger partial charge on any atom is 0.146 e. The van der Waals surface area contributed by atoms with Crippen LogP contribution in [0.5, 0.6) is 11.5 Å². The molecular formula is C18H18N2O2. The van der Waals surface area contributed by atoms with Crippen molar-refractivity contribution < 1.29 is 9.47 Å². The summed E-state index contributed by atoms with van der Waals surface area (Å²) in [6.07, 6.45) is 2.66. The molecule has 4 nitrogen and oxygen atoms in total. The van der Waals surface area contributed by atoms with Crippen LogP contribution in [0.2, 0.25) is 0 Å². The Balaban J connectivity index is 1.78. The summed E-state index contributed by atoms with van der Waals surface area (Å²) in [5.41, 5.74) is 2.96. The minimum Gasteiger partial charge on any atom is -0.497 e. The summed E-state index contributed by atoms with van der Waals surface area (Å²) in [6.45, 7) is 4.17. The molecule has 2 aromatic carbocycles. The maximum atomic E-state index is 5.89. The number of H-pyrrole nitrogens is 1. The van der Waals surface area contributed by atoms with Crippen molar-refractivity contribution >= 4 is 11.0 Å². The van der Waals surface area contributed by atoms with E-state index in [4.69, 9.17) is 9.47 Å². The van der Waals surface area contributed by atoms with E-state index in [1.165, 1.54) is 0 Å². The van der Waals surface area contributed by atoms with E-state index in [0.29, 0.717) is 6.61 Å². The van der Waals surface area contributed by atoms with E-state index in [1.54, 1.807) is 7.11 Å². The second kappa shape index (κ2) is 6.35. The third-order valence-corrected chi connectivity index (χ3v) is 3.44. The molecule has 0 spiro atoms. The lowest BCUT2D eigenvalue weighted by Gasteiger charge is -2.08. The van der Waals surface area contributed by atoms with Crippen LogP contribution in [0.25, 0.3) is 11.0 Å². The number of aromatic amines is 1. The molecule has 0 bridgehead atoms. The molecule has 0 amide bonds. The Morgan fingerprint density at radius 2 is 2.09 bits per heavy atom. The largest absolute Gasteiger partial charge is 0.497 e. The summed E-state index contributed by atoms with van der Waals surface area (Å²) in [7, 11) is 1.65. The van der Waals surface area contributed by atoms with Gasteiger partial charge in [0.25, 0.3) is 0 Å². The molecule has 22 heavy (non-hydrogen) atoms. The number of ether oxygens (including phenoxy) is 2. The standard InChI is InChI=1S/C18H18N2O2/c1-3-6-13-7-4-5-8-17(13)22-12-18-19-15-10-9-14(21-2)11-16(15)20-18/h3-5,7-11H,1,6,12H2,2H3,(H,19,20). The van der Waals surface area contributed by atoms with Gasteiger partial charge in [0.2, 0.25) is 0 Å². The highest BCUT2D eigenvalue weighted by Crippen LogP contribution is 2.22. The Hall–Kier alpha value is -2.75. The number of rotatable bonds is 6. The minimum atomic E-state index is 0.394. The van der Waals surface area contributed by atoms with Crippen LogP contribution in [0.3, 0.4) is 0 Å². The molecule has 0 unspecified atom stereocenters. The zero-order valence-corrected chi connectivity index (χ0v) is 12.5. The molecule has 0 radical (unpaired) electrons. The number of nitrogens with zero attached hydrogens (tertiary/aromatic N) is 1. The van der Waals surface area contributed by atoms with Gasteiger partial charge in [0.05, 0.1) is 18.1 Å². The predicted molar refractivity (Wildman–Crippen MR) is 87.3 cm³/mol. The number of para-hydroxylation sites is 1. The summed E-state index contributed by atoms with van der Waals surface area (Å²) >= 11 is 0. The third kappa shape index (κ3) is 2.96. The Labute approximate surface area is 129 Å². The fourth-order valence-corrected chi connectivity index (χ4v) is 2.35. The molecule has 112 valence electrons. The van der Waals surface area contributed by atoms with Crippen molar-refractivity contribution in [2.24, 2.45) is 0 Å². The van der Waals surface area contributed by atoms with Crippen molar-refractivity contribution in [2.45, 2.75) is 13.0 Å². The van der Waals surface area contributed by atoms with Gasteiger partial charge in [0.15, 0.2) is 0 Å². The summed E-state index contributed by atoms with van der Waals surface area (Å²) < 4.78 is 11.1. The smallest absolute Gasteiger partial charge is 0.146 e. The lowest BCUT2D eigenvalue weighted by molar-refractivity contribution is 0.295. The van der Waals surface area contributed by atoms with Crippen LogP contribution in [-0.4, -0.2) is 17.1 Å². The fourth-order valence-electron chi connectivity index (χ4n) is 2.35. The molecule has 0 aliphatic carbocycles. The summed E-state index contributed by atoms with van der Waals surface area (Å²) in [5.74, 6) is 2.46. The number of allylic oxidation sites excluding steroid dienone is 1. The van der Waals surface area contributed by atoms with Crippen LogP contribution in [0.4, 0.5) is 0 Å². The first-order chi connectivity index (χ1) is 10.8. The molecule has 1 N–H and O–H groups in total. The fraction of sp³-hybridized carbons (Fsp3) is 0.167. The molecule has 1 heterocycles. The molecular weight excluding hydrogens is 276 g/mol. The quantitative estimate of drug-likeness (QED) is 0.702. The van der Waals surface area contributed by atoms with Crippen molar-refractivity contribution in [3.8, 4) is 11.5 Å². The number of hydrogen-bond acceptors (Lipinski definition) is 3.